The van der Waals surface area contributed by atoms with Crippen molar-refractivity contribution in [1.82, 2.24) is 10.2 Å². The van der Waals surface area contributed by atoms with E-state index in [-0.39, 0.29) is 24.6 Å². The number of amides is 3. The molecular formula is C16H18N2O6S. The van der Waals surface area contributed by atoms with Gasteiger partial charge in [0.2, 0.25) is 5.91 Å². The molecule has 9 heteroatoms. The Labute approximate surface area is 148 Å². The molecular weight excluding hydrogens is 348 g/mol. The molecule has 2 N–H and O–H groups in total. The number of hydrogen-bond acceptors (Lipinski definition) is 7. The summed E-state index contributed by atoms with van der Waals surface area (Å²) >= 11 is 0.763. The largest absolute Gasteiger partial charge is 0.493 e. The molecule has 0 unspecified atom stereocenters. The number of ether oxygens (including phenoxy) is 2. The van der Waals surface area contributed by atoms with Crippen LogP contribution in [0.4, 0.5) is 4.79 Å². The second kappa shape index (κ2) is 8.54. The number of imide groups is 1. The van der Waals surface area contributed by atoms with Crippen LogP contribution in [0, 0.1) is 0 Å². The van der Waals surface area contributed by atoms with Crippen molar-refractivity contribution < 1.29 is 29.0 Å². The summed E-state index contributed by atoms with van der Waals surface area (Å²) in [5.74, 6) is -0.000168. The number of benzene rings is 1. The Hall–Kier alpha value is -2.52. The quantitative estimate of drug-likeness (QED) is 0.689. The van der Waals surface area contributed by atoms with Gasteiger partial charge in [0.15, 0.2) is 11.5 Å². The summed E-state index contributed by atoms with van der Waals surface area (Å²) in [5.41, 5.74) is 0.660. The number of hydrogen-bond donors (Lipinski definition) is 2. The highest BCUT2D eigenvalue weighted by molar-refractivity contribution is 8.18. The first-order valence-electron chi connectivity index (χ1n) is 7.35. The minimum absolute atomic E-state index is 0.0660. The van der Waals surface area contributed by atoms with Crippen LogP contribution in [0.1, 0.15) is 5.56 Å². The fraction of sp³-hybridized carbons (Fsp3) is 0.312. The molecule has 0 radical (unpaired) electrons. The second-order valence-corrected chi connectivity index (χ2v) is 5.95. The average molecular weight is 366 g/mol. The highest BCUT2D eigenvalue weighted by Crippen LogP contribution is 2.34. The van der Waals surface area contributed by atoms with Gasteiger partial charge in [0.1, 0.15) is 6.54 Å². The normalized spacial score (nSPS) is 15.6. The Bertz CT molecular complexity index is 719. The molecule has 0 saturated carbocycles. The lowest BCUT2D eigenvalue weighted by Gasteiger charge is -2.11. The van der Waals surface area contributed by atoms with E-state index in [1.54, 1.807) is 24.3 Å². The van der Waals surface area contributed by atoms with Crippen molar-refractivity contribution in [1.29, 1.82) is 0 Å². The van der Waals surface area contributed by atoms with Crippen molar-refractivity contribution in [2.24, 2.45) is 0 Å². The predicted octanol–water partition coefficient (Wildman–Crippen LogP) is 0.849. The maximum Gasteiger partial charge on any atom is 0.294 e. The van der Waals surface area contributed by atoms with Gasteiger partial charge in [0.25, 0.3) is 11.1 Å². The molecule has 1 fully saturated rings. The third kappa shape index (κ3) is 4.52. The predicted molar refractivity (Wildman–Crippen MR) is 92.3 cm³/mol. The summed E-state index contributed by atoms with van der Waals surface area (Å²) in [6.45, 7) is -0.530. The number of thioether (sulfide) groups is 1. The van der Waals surface area contributed by atoms with Crippen molar-refractivity contribution >= 4 is 34.9 Å². The molecule has 0 bridgehead atoms. The zero-order chi connectivity index (χ0) is 18.4. The van der Waals surface area contributed by atoms with Gasteiger partial charge in [-0.25, -0.2) is 0 Å². The van der Waals surface area contributed by atoms with Gasteiger partial charge in [-0.3, -0.25) is 19.3 Å². The van der Waals surface area contributed by atoms with E-state index in [1.807, 2.05) is 0 Å². The number of methoxy groups -OCH3 is 2. The smallest absolute Gasteiger partial charge is 0.294 e. The van der Waals surface area contributed by atoms with E-state index < -0.39 is 17.1 Å². The maximum atomic E-state index is 12.3. The Morgan fingerprint density at radius 2 is 2.00 bits per heavy atom. The summed E-state index contributed by atoms with van der Waals surface area (Å²) in [6.07, 6.45) is 1.55. The molecule has 3 amide bonds. The number of carbonyl (C=O) groups is 3. The minimum atomic E-state index is -0.538. The second-order valence-electron chi connectivity index (χ2n) is 4.96. The van der Waals surface area contributed by atoms with Crippen LogP contribution in [-0.2, 0) is 9.59 Å². The van der Waals surface area contributed by atoms with Crippen LogP contribution in [0.5, 0.6) is 11.5 Å². The fourth-order valence-electron chi connectivity index (χ4n) is 2.13. The number of nitrogens with zero attached hydrogens (tertiary/aromatic N) is 1. The van der Waals surface area contributed by atoms with Crippen LogP contribution < -0.4 is 14.8 Å². The summed E-state index contributed by atoms with van der Waals surface area (Å²) in [6, 6.07) is 5.10. The molecule has 8 nitrogen and oxygen atoms in total. The first-order chi connectivity index (χ1) is 12.0. The van der Waals surface area contributed by atoms with Crippen molar-refractivity contribution in [2.75, 3.05) is 33.9 Å². The maximum absolute atomic E-state index is 12.3. The van der Waals surface area contributed by atoms with Gasteiger partial charge < -0.3 is 19.9 Å². The molecule has 1 saturated heterocycles. The fourth-order valence-corrected chi connectivity index (χ4v) is 2.96. The molecule has 0 aromatic heterocycles. The van der Waals surface area contributed by atoms with Gasteiger partial charge in [0.05, 0.1) is 25.7 Å². The molecule has 25 heavy (non-hydrogen) atoms. The molecule has 1 aromatic rings. The van der Waals surface area contributed by atoms with E-state index >= 15 is 0 Å². The molecule has 0 atom stereocenters. The van der Waals surface area contributed by atoms with Gasteiger partial charge in [-0.2, -0.15) is 0 Å². The number of rotatable bonds is 7. The highest BCUT2D eigenvalue weighted by Gasteiger charge is 2.36. The summed E-state index contributed by atoms with van der Waals surface area (Å²) in [4.78, 5) is 37.0. The van der Waals surface area contributed by atoms with Gasteiger partial charge in [-0.05, 0) is 35.5 Å². The average Bonchev–Trinajstić information content (AvgIpc) is 2.87. The van der Waals surface area contributed by atoms with Crippen molar-refractivity contribution in [3.63, 3.8) is 0 Å². The molecule has 134 valence electrons. The molecule has 2 rings (SSSR count). The zero-order valence-electron chi connectivity index (χ0n) is 13.8. The lowest BCUT2D eigenvalue weighted by atomic mass is 10.2. The van der Waals surface area contributed by atoms with Crippen molar-refractivity contribution in [3.8, 4) is 11.5 Å². The number of carbonyl (C=O) groups excluding carboxylic acids is 3. The van der Waals surface area contributed by atoms with Crippen LogP contribution in [0.25, 0.3) is 6.08 Å². The summed E-state index contributed by atoms with van der Waals surface area (Å²) in [7, 11) is 3.02. The van der Waals surface area contributed by atoms with Crippen molar-refractivity contribution in [2.45, 2.75) is 0 Å². The molecule has 1 aromatic carbocycles. The third-order valence-corrected chi connectivity index (χ3v) is 4.22. The standard InChI is InChI=1S/C16H18N2O6S/c1-23-11-4-3-10(7-12(11)24-2)8-13-15(21)18(16(22)25-13)9-14(20)17-5-6-19/h3-4,7-8,19H,5-6,9H2,1-2H3,(H,17,20)/b13-8-. The Morgan fingerprint density at radius 3 is 2.64 bits per heavy atom. The molecule has 1 heterocycles. The SMILES string of the molecule is COc1ccc(/C=C2\SC(=O)N(CC(=O)NCCO)C2=O)cc1OC. The van der Waals surface area contributed by atoms with Crippen molar-refractivity contribution in [3.05, 3.63) is 28.7 Å². The van der Waals surface area contributed by atoms with E-state index in [4.69, 9.17) is 14.6 Å². The van der Waals surface area contributed by atoms with E-state index in [1.165, 1.54) is 14.2 Å². The van der Waals surface area contributed by atoms with Crippen LogP contribution in [0.3, 0.4) is 0 Å². The zero-order valence-corrected chi connectivity index (χ0v) is 14.6. The number of nitrogens with one attached hydrogen (secondary N) is 1. The lowest BCUT2D eigenvalue weighted by molar-refractivity contribution is -0.129. The molecule has 0 aliphatic carbocycles. The Kier molecular flexibility index (Phi) is 6.43. The molecule has 1 aliphatic rings. The van der Waals surface area contributed by atoms with Gasteiger partial charge >= 0.3 is 0 Å². The van der Waals surface area contributed by atoms with Gasteiger partial charge in [-0.15, -0.1) is 0 Å². The van der Waals surface area contributed by atoms with E-state index in [9.17, 15) is 14.4 Å². The monoisotopic (exact) mass is 366 g/mol. The Balaban J connectivity index is 2.15. The van der Waals surface area contributed by atoms with E-state index in [2.05, 4.69) is 5.32 Å². The van der Waals surface area contributed by atoms with E-state index in [0.717, 1.165) is 16.7 Å². The van der Waals surface area contributed by atoms with E-state index in [0.29, 0.717) is 17.1 Å². The topological polar surface area (TPSA) is 105 Å². The number of aliphatic hydroxyl groups excluding tert-OH is 1. The van der Waals surface area contributed by atoms with Crippen LogP contribution in [0.15, 0.2) is 23.1 Å². The Morgan fingerprint density at radius 1 is 1.28 bits per heavy atom. The molecule has 1 aliphatic heterocycles. The van der Waals surface area contributed by atoms with Crippen LogP contribution in [-0.4, -0.2) is 61.0 Å². The molecule has 0 spiro atoms. The summed E-state index contributed by atoms with van der Waals surface area (Å²) in [5, 5.41) is 10.6. The first-order valence-corrected chi connectivity index (χ1v) is 8.16. The highest BCUT2D eigenvalue weighted by atomic mass is 32.2. The third-order valence-electron chi connectivity index (χ3n) is 3.31. The minimum Gasteiger partial charge on any atom is -0.493 e. The number of aliphatic hydroxyl groups is 1. The summed E-state index contributed by atoms with van der Waals surface area (Å²) < 4.78 is 10.4. The lowest BCUT2D eigenvalue weighted by Crippen LogP contribution is -2.40. The van der Waals surface area contributed by atoms with Crippen LogP contribution in [0.2, 0.25) is 0 Å². The van der Waals surface area contributed by atoms with Gasteiger partial charge in [0, 0.05) is 6.54 Å². The van der Waals surface area contributed by atoms with Crippen LogP contribution >= 0.6 is 11.8 Å². The van der Waals surface area contributed by atoms with Gasteiger partial charge in [-0.1, -0.05) is 6.07 Å². The first kappa shape index (κ1) is 18.8.